The molecule has 0 unspecified atom stereocenters. The molecule has 6 rings (SSSR count). The van der Waals surface area contributed by atoms with Gasteiger partial charge in [0.1, 0.15) is 5.69 Å². The number of nitrogens with zero attached hydrogens (tertiary/aromatic N) is 2. The maximum atomic E-state index is 13.8. The van der Waals surface area contributed by atoms with Crippen LogP contribution in [0.3, 0.4) is 0 Å². The number of fused-ring (bicyclic) bond motifs is 5. The van der Waals surface area contributed by atoms with E-state index in [1.807, 2.05) is 26.0 Å². The van der Waals surface area contributed by atoms with Crippen LogP contribution in [0.15, 0.2) is 84.5 Å². The highest BCUT2D eigenvalue weighted by molar-refractivity contribution is 6.31. The summed E-state index contributed by atoms with van der Waals surface area (Å²) in [5.74, 6) is -2.53. The Morgan fingerprint density at radius 1 is 0.811 bits per heavy atom. The summed E-state index contributed by atoms with van der Waals surface area (Å²) in [7, 11) is 0. The predicted octanol–water partition coefficient (Wildman–Crippen LogP) is 6.29. The Bertz CT molecular complexity index is 1460. The Balaban J connectivity index is 1.49. The van der Waals surface area contributed by atoms with Crippen LogP contribution >= 0.6 is 11.6 Å². The third-order valence-electron chi connectivity index (χ3n) is 7.76. The average Bonchev–Trinajstić information content (AvgIpc) is 3.51. The lowest BCUT2D eigenvalue weighted by atomic mass is 9.85. The number of halogens is 1. The van der Waals surface area contributed by atoms with Crippen LogP contribution in [0.1, 0.15) is 22.3 Å². The molecular formula is C30H23ClN2O4. The number of carbonyl (C=O) groups excluding carboxylic acids is 2. The number of allylic oxidation sites excluding steroid dienone is 3. The third kappa shape index (κ3) is 3.55. The first-order chi connectivity index (χ1) is 17.8. The number of hydrogen-bond donors (Lipinski definition) is 0. The fourth-order valence-electron chi connectivity index (χ4n) is 6.11. The van der Waals surface area contributed by atoms with Crippen molar-refractivity contribution in [3.8, 4) is 0 Å². The van der Waals surface area contributed by atoms with Gasteiger partial charge in [0.15, 0.2) is 0 Å². The van der Waals surface area contributed by atoms with Gasteiger partial charge < -0.3 is 0 Å². The van der Waals surface area contributed by atoms with Crippen molar-refractivity contribution in [3.63, 3.8) is 0 Å². The standard InChI is InChI=1S/C30H23ClN2O4/c1-16-3-7-18(8-4-16)25(19-9-5-17(2)6-10-19)26-21-12-13-22(26)28-27(21)29(34)32(30(28)35)23-14-11-20(31)15-24(23)33(36)37/h3-15,21-22,27-28H,1-2H3/t21-,22-,27+,28+/m1/s1. The first-order valence-corrected chi connectivity index (χ1v) is 12.5. The molecule has 2 aliphatic carbocycles. The fraction of sp³-hybridized carbons (Fsp3) is 0.200. The summed E-state index contributed by atoms with van der Waals surface area (Å²) in [6, 6.07) is 20.6. The van der Waals surface area contributed by atoms with E-state index in [0.29, 0.717) is 0 Å². The summed E-state index contributed by atoms with van der Waals surface area (Å²) in [4.78, 5) is 39.6. The van der Waals surface area contributed by atoms with Crippen molar-refractivity contribution < 1.29 is 14.5 Å². The Labute approximate surface area is 219 Å². The van der Waals surface area contributed by atoms with E-state index in [9.17, 15) is 19.7 Å². The summed E-state index contributed by atoms with van der Waals surface area (Å²) in [6.07, 6.45) is 4.04. The van der Waals surface area contributed by atoms with E-state index in [2.05, 4.69) is 48.5 Å². The molecule has 1 heterocycles. The van der Waals surface area contributed by atoms with Crippen LogP contribution in [-0.2, 0) is 9.59 Å². The van der Waals surface area contributed by atoms with E-state index in [1.165, 1.54) is 18.2 Å². The van der Waals surface area contributed by atoms with Gasteiger partial charge >= 0.3 is 0 Å². The molecule has 1 saturated carbocycles. The lowest BCUT2D eigenvalue weighted by molar-refractivity contribution is -0.384. The number of imide groups is 1. The van der Waals surface area contributed by atoms with E-state index in [1.54, 1.807) is 0 Å². The highest BCUT2D eigenvalue weighted by Gasteiger charge is 2.63. The van der Waals surface area contributed by atoms with Crippen molar-refractivity contribution in [1.82, 2.24) is 0 Å². The molecule has 37 heavy (non-hydrogen) atoms. The average molecular weight is 511 g/mol. The number of carbonyl (C=O) groups is 2. The SMILES string of the molecule is Cc1ccc(C(=C2[C@H]3C=C[C@H]2[C@@H]2C(=O)N(c4ccc(Cl)cc4[N+](=O)[O-])C(=O)[C@H]23)c2ccc(C)cc2)cc1. The molecule has 7 heteroatoms. The Kier molecular flexibility index (Phi) is 5.39. The molecule has 1 saturated heterocycles. The number of amides is 2. The molecule has 2 fully saturated rings. The first-order valence-electron chi connectivity index (χ1n) is 12.1. The van der Waals surface area contributed by atoms with Gasteiger partial charge in [-0.3, -0.25) is 19.7 Å². The van der Waals surface area contributed by atoms with Crippen molar-refractivity contribution in [1.29, 1.82) is 0 Å². The zero-order chi connectivity index (χ0) is 26.0. The number of hydrogen-bond acceptors (Lipinski definition) is 4. The largest absolute Gasteiger partial charge is 0.294 e. The molecule has 0 spiro atoms. The van der Waals surface area contributed by atoms with Crippen LogP contribution in [0.25, 0.3) is 5.57 Å². The topological polar surface area (TPSA) is 80.5 Å². The molecular weight excluding hydrogens is 488 g/mol. The van der Waals surface area contributed by atoms with Gasteiger partial charge in [0, 0.05) is 22.9 Å². The van der Waals surface area contributed by atoms with Gasteiger partial charge in [0.05, 0.1) is 16.8 Å². The Morgan fingerprint density at radius 2 is 1.30 bits per heavy atom. The van der Waals surface area contributed by atoms with Crippen LogP contribution in [0.4, 0.5) is 11.4 Å². The number of rotatable bonds is 4. The van der Waals surface area contributed by atoms with Crippen molar-refractivity contribution in [3.05, 3.63) is 122 Å². The number of nitro benzene ring substituents is 1. The van der Waals surface area contributed by atoms with Crippen molar-refractivity contribution in [2.75, 3.05) is 4.90 Å². The van der Waals surface area contributed by atoms with Crippen LogP contribution < -0.4 is 4.90 Å². The number of anilines is 1. The molecule has 0 radical (unpaired) electrons. The highest BCUT2D eigenvalue weighted by Crippen LogP contribution is 2.59. The minimum Gasteiger partial charge on any atom is -0.274 e. The van der Waals surface area contributed by atoms with Gasteiger partial charge in [-0.25, -0.2) is 4.90 Å². The van der Waals surface area contributed by atoms with Gasteiger partial charge in [-0.15, -0.1) is 0 Å². The molecule has 1 aliphatic heterocycles. The van der Waals surface area contributed by atoms with E-state index in [-0.39, 0.29) is 28.2 Å². The van der Waals surface area contributed by atoms with Gasteiger partial charge in [0.25, 0.3) is 5.69 Å². The number of benzene rings is 3. The molecule has 3 aromatic carbocycles. The predicted molar refractivity (Wildman–Crippen MR) is 142 cm³/mol. The molecule has 2 amide bonds. The minimum atomic E-state index is -0.610. The molecule has 184 valence electrons. The molecule has 4 atom stereocenters. The summed E-state index contributed by atoms with van der Waals surface area (Å²) in [5.41, 5.74) is 6.08. The van der Waals surface area contributed by atoms with E-state index < -0.39 is 28.6 Å². The second-order valence-corrected chi connectivity index (χ2v) is 10.4. The van der Waals surface area contributed by atoms with Crippen LogP contribution in [0.5, 0.6) is 0 Å². The lowest BCUT2D eigenvalue weighted by Gasteiger charge is -2.21. The molecule has 2 bridgehead atoms. The number of nitro groups is 1. The van der Waals surface area contributed by atoms with Gasteiger partial charge in [-0.1, -0.05) is 83.4 Å². The zero-order valence-electron chi connectivity index (χ0n) is 20.2. The molecule has 3 aromatic rings. The Morgan fingerprint density at radius 3 is 1.76 bits per heavy atom. The minimum absolute atomic E-state index is 0.0268. The van der Waals surface area contributed by atoms with E-state index in [0.717, 1.165) is 38.3 Å². The maximum Gasteiger partial charge on any atom is 0.294 e. The fourth-order valence-corrected chi connectivity index (χ4v) is 6.27. The second-order valence-electron chi connectivity index (χ2n) is 9.95. The van der Waals surface area contributed by atoms with Crippen molar-refractivity contribution in [2.45, 2.75) is 13.8 Å². The quantitative estimate of drug-likeness (QED) is 0.179. The second kappa shape index (κ2) is 8.53. The van der Waals surface area contributed by atoms with Crippen LogP contribution in [0.2, 0.25) is 5.02 Å². The van der Waals surface area contributed by atoms with E-state index in [4.69, 9.17) is 11.6 Å². The van der Waals surface area contributed by atoms with Gasteiger partial charge in [0.2, 0.25) is 11.8 Å². The Hall–Kier alpha value is -4.03. The highest BCUT2D eigenvalue weighted by atomic mass is 35.5. The molecule has 6 nitrogen and oxygen atoms in total. The van der Waals surface area contributed by atoms with Crippen molar-refractivity contribution >= 4 is 40.4 Å². The maximum absolute atomic E-state index is 13.8. The molecule has 3 aliphatic rings. The zero-order valence-corrected chi connectivity index (χ0v) is 21.0. The summed E-state index contributed by atoms with van der Waals surface area (Å²) < 4.78 is 0. The molecule has 0 aromatic heterocycles. The molecule has 0 N–H and O–H groups in total. The third-order valence-corrected chi connectivity index (χ3v) is 8.00. The smallest absolute Gasteiger partial charge is 0.274 e. The van der Waals surface area contributed by atoms with Crippen molar-refractivity contribution in [2.24, 2.45) is 23.7 Å². The normalized spacial score (nSPS) is 23.6. The first kappa shape index (κ1) is 23.4. The monoisotopic (exact) mass is 510 g/mol. The van der Waals surface area contributed by atoms with Gasteiger partial charge in [-0.05, 0) is 48.3 Å². The van der Waals surface area contributed by atoms with Gasteiger partial charge in [-0.2, -0.15) is 0 Å². The summed E-state index contributed by atoms with van der Waals surface area (Å²) in [6.45, 7) is 4.07. The summed E-state index contributed by atoms with van der Waals surface area (Å²) >= 11 is 5.97. The van der Waals surface area contributed by atoms with E-state index >= 15 is 0 Å². The number of aryl methyl sites for hydroxylation is 2. The van der Waals surface area contributed by atoms with Crippen LogP contribution in [-0.4, -0.2) is 16.7 Å². The lowest BCUT2D eigenvalue weighted by Crippen LogP contribution is -2.33. The van der Waals surface area contributed by atoms with Crippen LogP contribution in [0, 0.1) is 47.6 Å². The summed E-state index contributed by atoms with van der Waals surface area (Å²) in [5, 5.41) is 11.9.